The van der Waals surface area contributed by atoms with Crippen LogP contribution in [0.2, 0.25) is 0 Å². The maximum atomic E-state index is 8.34. The number of hydrogen-bond donors (Lipinski definition) is 2. The Bertz CT molecular complexity index is 91.7. The summed E-state index contributed by atoms with van der Waals surface area (Å²) >= 11 is 9.17. The monoisotopic (exact) mass is 203 g/mol. The molecule has 0 heterocycles. The van der Waals surface area contributed by atoms with Crippen molar-refractivity contribution in [2.45, 2.75) is 12.8 Å². The molecule has 0 atom stereocenters. The van der Waals surface area contributed by atoms with E-state index in [4.69, 9.17) is 5.11 Å². The van der Waals surface area contributed by atoms with Crippen LogP contribution in [0.15, 0.2) is 0 Å². The Kier molecular flexibility index (Phi) is 15.2. The van der Waals surface area contributed by atoms with Crippen LogP contribution < -0.4 is 56.7 Å². The van der Waals surface area contributed by atoms with Gasteiger partial charge < -0.3 is 35.3 Å². The first kappa shape index (κ1) is 14.2. The van der Waals surface area contributed by atoms with Gasteiger partial charge in [0.2, 0.25) is 0 Å². The van der Waals surface area contributed by atoms with Crippen molar-refractivity contribution in [1.82, 2.24) is 5.32 Å². The maximum absolute atomic E-state index is 8.34. The number of unbranched alkanes of at least 4 members (excludes halogenated alkanes) is 1. The molecule has 0 aliphatic carbocycles. The van der Waals surface area contributed by atoms with Crippen LogP contribution in [0.4, 0.5) is 0 Å². The molecular weight excluding hydrogens is 193 g/mol. The van der Waals surface area contributed by atoms with E-state index in [0.29, 0.717) is 4.32 Å². The van der Waals surface area contributed by atoms with Gasteiger partial charge in [0.25, 0.3) is 0 Å². The predicted octanol–water partition coefficient (Wildman–Crippen LogP) is -2.82. The van der Waals surface area contributed by atoms with Crippen molar-refractivity contribution in [2.75, 3.05) is 13.2 Å². The van der Waals surface area contributed by atoms with Gasteiger partial charge in [-0.2, -0.15) is 0 Å². The molecule has 0 radical (unpaired) electrons. The normalized spacial score (nSPS) is 8.10. The van der Waals surface area contributed by atoms with E-state index in [-0.39, 0.29) is 58.0 Å². The van der Waals surface area contributed by atoms with Crippen LogP contribution in [0.5, 0.6) is 0 Å². The summed E-state index contributed by atoms with van der Waals surface area (Å²) < 4.78 is 0.410. The van der Waals surface area contributed by atoms with Gasteiger partial charge in [0.1, 0.15) is 0 Å². The Morgan fingerprint density at radius 2 is 2.10 bits per heavy atom. The molecule has 0 amide bonds. The first-order valence-corrected chi connectivity index (χ1v) is 3.64. The Hall–Kier alpha value is 1.71. The van der Waals surface area contributed by atoms with Crippen LogP contribution in [-0.2, 0) is 12.6 Å². The SMILES string of the molecule is OCCCCNC(=S)[S-].[K+]. The second-order valence-electron chi connectivity index (χ2n) is 1.64. The topological polar surface area (TPSA) is 32.3 Å². The quantitative estimate of drug-likeness (QED) is 0.224. The summed E-state index contributed by atoms with van der Waals surface area (Å²) in [6.07, 6.45) is 1.73. The summed E-state index contributed by atoms with van der Waals surface area (Å²) in [5.41, 5.74) is 0. The summed E-state index contributed by atoms with van der Waals surface area (Å²) in [6, 6.07) is 0. The number of aliphatic hydroxyl groups excluding tert-OH is 1. The Balaban J connectivity index is 0. The number of aliphatic hydroxyl groups is 1. The van der Waals surface area contributed by atoms with Crippen LogP contribution in [0.3, 0.4) is 0 Å². The van der Waals surface area contributed by atoms with Gasteiger partial charge in [-0.25, -0.2) is 0 Å². The summed E-state index contributed by atoms with van der Waals surface area (Å²) in [5, 5.41) is 11.2. The van der Waals surface area contributed by atoms with E-state index in [1.165, 1.54) is 0 Å². The molecule has 2 nitrogen and oxygen atoms in total. The molecule has 0 rings (SSSR count). The van der Waals surface area contributed by atoms with Crippen molar-refractivity contribution < 1.29 is 56.5 Å². The molecule has 10 heavy (non-hydrogen) atoms. The van der Waals surface area contributed by atoms with Gasteiger partial charge >= 0.3 is 51.4 Å². The fourth-order valence-electron chi connectivity index (χ4n) is 0.427. The molecule has 0 spiro atoms. The van der Waals surface area contributed by atoms with E-state index < -0.39 is 0 Å². The van der Waals surface area contributed by atoms with Crippen LogP contribution in [0.1, 0.15) is 12.8 Å². The summed E-state index contributed by atoms with van der Waals surface area (Å²) in [5.74, 6) is 0. The largest absolute Gasteiger partial charge is 1.00 e. The fourth-order valence-corrected chi connectivity index (χ4v) is 0.631. The third kappa shape index (κ3) is 12.4. The van der Waals surface area contributed by atoms with E-state index in [1.807, 2.05) is 0 Å². The zero-order valence-electron chi connectivity index (χ0n) is 6.09. The van der Waals surface area contributed by atoms with Gasteiger partial charge in [-0.3, -0.25) is 0 Å². The molecule has 54 valence electrons. The molecule has 0 saturated carbocycles. The van der Waals surface area contributed by atoms with Crippen molar-refractivity contribution in [2.24, 2.45) is 0 Å². The van der Waals surface area contributed by atoms with Gasteiger partial charge in [-0.1, -0.05) is 4.32 Å². The Labute approximate surface area is 115 Å². The second-order valence-corrected chi connectivity index (χ2v) is 2.72. The molecule has 0 aliphatic rings. The van der Waals surface area contributed by atoms with E-state index >= 15 is 0 Å². The Morgan fingerprint density at radius 1 is 1.50 bits per heavy atom. The number of rotatable bonds is 4. The molecule has 0 aliphatic heterocycles. The van der Waals surface area contributed by atoms with Gasteiger partial charge in [-0.05, 0) is 12.8 Å². The van der Waals surface area contributed by atoms with Crippen LogP contribution in [0.25, 0.3) is 0 Å². The first-order chi connectivity index (χ1) is 4.27. The average Bonchev–Trinajstić information content (AvgIpc) is 1.80. The molecule has 0 saturated heterocycles. The third-order valence-electron chi connectivity index (χ3n) is 0.854. The molecule has 2 N–H and O–H groups in total. The van der Waals surface area contributed by atoms with E-state index in [1.54, 1.807) is 0 Å². The van der Waals surface area contributed by atoms with E-state index in [9.17, 15) is 0 Å². The predicted molar refractivity (Wildman–Crippen MR) is 44.3 cm³/mol. The average molecular weight is 203 g/mol. The van der Waals surface area contributed by atoms with Crippen LogP contribution >= 0.6 is 12.2 Å². The van der Waals surface area contributed by atoms with Gasteiger partial charge in [0.15, 0.2) is 0 Å². The number of thiocarbonyl (C=S) groups is 1. The van der Waals surface area contributed by atoms with Crippen molar-refractivity contribution in [3.63, 3.8) is 0 Å². The molecule has 0 bridgehead atoms. The molecule has 0 unspecified atom stereocenters. The summed E-state index contributed by atoms with van der Waals surface area (Å²) in [6.45, 7) is 1.02. The van der Waals surface area contributed by atoms with Crippen molar-refractivity contribution in [3.05, 3.63) is 0 Å². The fraction of sp³-hybridized carbons (Fsp3) is 0.800. The Morgan fingerprint density at radius 3 is 2.50 bits per heavy atom. The number of hydrogen-bond acceptors (Lipinski definition) is 3. The molecule has 5 heteroatoms. The molecular formula is C5H10KNOS2. The van der Waals surface area contributed by atoms with Gasteiger partial charge in [0.05, 0.1) is 0 Å². The zero-order valence-corrected chi connectivity index (χ0v) is 10.8. The summed E-state index contributed by atoms with van der Waals surface area (Å²) in [7, 11) is 0. The van der Waals surface area contributed by atoms with E-state index in [2.05, 4.69) is 30.2 Å². The van der Waals surface area contributed by atoms with Gasteiger partial charge in [-0.15, -0.1) is 0 Å². The van der Waals surface area contributed by atoms with Crippen molar-refractivity contribution >= 4 is 29.2 Å². The molecule has 0 aromatic rings. The number of nitrogens with one attached hydrogen (secondary N) is 1. The third-order valence-corrected chi connectivity index (χ3v) is 1.14. The second kappa shape index (κ2) is 10.7. The van der Waals surface area contributed by atoms with Gasteiger partial charge in [0, 0.05) is 13.2 Å². The minimum absolute atomic E-state index is 0. The molecule has 0 fully saturated rings. The van der Waals surface area contributed by atoms with Crippen molar-refractivity contribution in [1.29, 1.82) is 0 Å². The standard InChI is InChI=1S/C5H11NOS2.K/c7-4-2-1-3-6-5(8)9;/h7H,1-4H2,(H2,6,8,9);/q;+1/p-1. The smallest absolute Gasteiger partial charge is 0.412 e. The molecule has 0 aromatic carbocycles. The first-order valence-electron chi connectivity index (χ1n) is 2.83. The minimum atomic E-state index is 0. The maximum Gasteiger partial charge on any atom is 1.00 e. The minimum Gasteiger partial charge on any atom is -0.412 e. The summed E-state index contributed by atoms with van der Waals surface area (Å²) in [4.78, 5) is 0. The van der Waals surface area contributed by atoms with E-state index in [0.717, 1.165) is 19.4 Å². The molecule has 0 aromatic heterocycles. The van der Waals surface area contributed by atoms with Crippen LogP contribution in [-0.4, -0.2) is 22.6 Å². The van der Waals surface area contributed by atoms with Crippen LogP contribution in [0, 0.1) is 0 Å². The zero-order chi connectivity index (χ0) is 7.11. The van der Waals surface area contributed by atoms with Crippen molar-refractivity contribution in [3.8, 4) is 0 Å².